The summed E-state index contributed by atoms with van der Waals surface area (Å²) in [4.78, 5) is 25.2. The molecule has 1 aliphatic rings. The fourth-order valence-corrected chi connectivity index (χ4v) is 5.65. The third-order valence-electron chi connectivity index (χ3n) is 4.77. The molecular formula is C20H21BrClN3O4S. The van der Waals surface area contributed by atoms with E-state index in [4.69, 9.17) is 11.6 Å². The van der Waals surface area contributed by atoms with Gasteiger partial charge < -0.3 is 10.6 Å². The van der Waals surface area contributed by atoms with E-state index in [2.05, 4.69) is 26.6 Å². The molecule has 10 heteroatoms. The predicted octanol–water partition coefficient (Wildman–Crippen LogP) is 3.37. The molecule has 2 aromatic carbocycles. The van der Waals surface area contributed by atoms with Crippen LogP contribution in [0.1, 0.15) is 17.5 Å². The fourth-order valence-electron chi connectivity index (χ4n) is 3.31. The minimum absolute atomic E-state index is 0.0415. The van der Waals surface area contributed by atoms with Gasteiger partial charge in [0.25, 0.3) is 10.0 Å². The summed E-state index contributed by atoms with van der Waals surface area (Å²) < 4.78 is 28.5. The topological polar surface area (TPSA) is 95.6 Å². The zero-order valence-electron chi connectivity index (χ0n) is 16.4. The van der Waals surface area contributed by atoms with E-state index in [1.807, 2.05) is 0 Å². The van der Waals surface area contributed by atoms with Crippen molar-refractivity contribution in [3.63, 3.8) is 0 Å². The number of nitrogens with zero attached hydrogens (tertiary/aromatic N) is 1. The van der Waals surface area contributed by atoms with Gasteiger partial charge in [-0.3, -0.25) is 13.9 Å². The maximum absolute atomic E-state index is 13.7. The number of nitrogens with one attached hydrogen (secondary N) is 2. The normalized spacial score (nSPS) is 16.1. The lowest BCUT2D eigenvalue weighted by molar-refractivity contribution is -0.125. The average molecular weight is 515 g/mol. The Bertz CT molecular complexity index is 1110. The Morgan fingerprint density at radius 2 is 1.93 bits per heavy atom. The maximum atomic E-state index is 13.7. The molecule has 0 saturated heterocycles. The van der Waals surface area contributed by atoms with Gasteiger partial charge >= 0.3 is 0 Å². The molecule has 7 nitrogen and oxygen atoms in total. The summed E-state index contributed by atoms with van der Waals surface area (Å²) in [6.45, 7) is 3.72. The lowest BCUT2D eigenvalue weighted by Gasteiger charge is -2.37. The molecule has 30 heavy (non-hydrogen) atoms. The van der Waals surface area contributed by atoms with Crippen LogP contribution in [-0.4, -0.2) is 38.1 Å². The van der Waals surface area contributed by atoms with E-state index in [9.17, 15) is 18.0 Å². The number of amides is 2. The molecule has 160 valence electrons. The number of alkyl halides is 1. The first kappa shape index (κ1) is 22.6. The smallest absolute Gasteiger partial charge is 0.265 e. The van der Waals surface area contributed by atoms with Gasteiger partial charge in [0.2, 0.25) is 11.8 Å². The second-order valence-corrected chi connectivity index (χ2v) is 9.92. The Hall–Kier alpha value is -2.10. The molecule has 0 aliphatic carbocycles. The van der Waals surface area contributed by atoms with Gasteiger partial charge in [0.05, 0.1) is 22.7 Å². The van der Waals surface area contributed by atoms with Crippen molar-refractivity contribution < 1.29 is 18.0 Å². The van der Waals surface area contributed by atoms with Gasteiger partial charge in [-0.25, -0.2) is 8.42 Å². The Kier molecular flexibility index (Phi) is 6.74. The largest absolute Gasteiger partial charge is 0.355 e. The van der Waals surface area contributed by atoms with Crippen LogP contribution in [0.15, 0.2) is 41.3 Å². The zero-order chi connectivity index (χ0) is 22.1. The van der Waals surface area contributed by atoms with E-state index in [0.717, 1.165) is 4.31 Å². The van der Waals surface area contributed by atoms with Gasteiger partial charge in [0.1, 0.15) is 6.04 Å². The molecule has 0 spiro atoms. The summed E-state index contributed by atoms with van der Waals surface area (Å²) in [5, 5.41) is 6.36. The van der Waals surface area contributed by atoms with E-state index < -0.39 is 27.9 Å². The molecule has 0 radical (unpaired) electrons. The summed E-state index contributed by atoms with van der Waals surface area (Å²) in [5.41, 5.74) is 1.73. The maximum Gasteiger partial charge on any atom is 0.265 e. The second kappa shape index (κ2) is 8.95. The Morgan fingerprint density at radius 1 is 1.23 bits per heavy atom. The number of anilines is 2. The zero-order valence-corrected chi connectivity index (χ0v) is 19.6. The second-order valence-electron chi connectivity index (χ2n) is 6.93. The van der Waals surface area contributed by atoms with Gasteiger partial charge in [-0.2, -0.15) is 0 Å². The number of hydrogen-bond acceptors (Lipinski definition) is 4. The molecule has 1 heterocycles. The van der Waals surface area contributed by atoms with Crippen molar-refractivity contribution in [2.75, 3.05) is 21.5 Å². The van der Waals surface area contributed by atoms with Crippen molar-refractivity contribution in [1.29, 1.82) is 0 Å². The monoisotopic (exact) mass is 513 g/mol. The number of benzene rings is 2. The molecule has 2 N–H and O–H groups in total. The molecule has 0 aromatic heterocycles. The first-order valence-corrected chi connectivity index (χ1v) is 12.1. The van der Waals surface area contributed by atoms with Gasteiger partial charge in [-0.1, -0.05) is 39.7 Å². The quantitative estimate of drug-likeness (QED) is 0.578. The lowest BCUT2D eigenvalue weighted by atomic mass is 10.1. The molecule has 0 saturated carbocycles. The van der Waals surface area contributed by atoms with Gasteiger partial charge in [-0.15, -0.1) is 0 Å². The minimum atomic E-state index is -4.17. The highest BCUT2D eigenvalue weighted by atomic mass is 79.9. The fraction of sp³-hybridized carbons (Fsp3) is 0.300. The summed E-state index contributed by atoms with van der Waals surface area (Å²) in [6, 6.07) is 8.45. The van der Waals surface area contributed by atoms with Crippen LogP contribution in [0, 0.1) is 13.8 Å². The highest BCUT2D eigenvalue weighted by Crippen LogP contribution is 2.38. The van der Waals surface area contributed by atoms with Crippen LogP contribution in [0.2, 0.25) is 5.02 Å². The van der Waals surface area contributed by atoms with E-state index in [-0.39, 0.29) is 11.3 Å². The highest BCUT2D eigenvalue weighted by Gasteiger charge is 2.42. The van der Waals surface area contributed by atoms with E-state index >= 15 is 0 Å². The number of rotatable bonds is 6. The molecule has 1 aliphatic heterocycles. The number of halogens is 2. The first-order chi connectivity index (χ1) is 14.2. The van der Waals surface area contributed by atoms with Crippen LogP contribution in [0.5, 0.6) is 0 Å². The summed E-state index contributed by atoms with van der Waals surface area (Å²) in [5.74, 6) is -0.979. The lowest BCUT2D eigenvalue weighted by Crippen LogP contribution is -2.53. The van der Waals surface area contributed by atoms with E-state index in [1.54, 1.807) is 44.2 Å². The Morgan fingerprint density at radius 3 is 2.63 bits per heavy atom. The number of aryl methyl sites for hydroxylation is 2. The van der Waals surface area contributed by atoms with Gasteiger partial charge in [-0.05, 0) is 49.2 Å². The number of carbonyl (C=O) groups excluding carboxylic acids is 2. The molecule has 1 atom stereocenters. The van der Waals surface area contributed by atoms with Crippen LogP contribution in [-0.2, 0) is 19.6 Å². The summed E-state index contributed by atoms with van der Waals surface area (Å²) in [6.07, 6.45) is -0.308. The van der Waals surface area contributed by atoms with Crippen LogP contribution >= 0.6 is 27.5 Å². The minimum Gasteiger partial charge on any atom is -0.355 e. The number of sulfonamides is 1. The van der Waals surface area contributed by atoms with E-state index in [1.165, 1.54) is 6.07 Å². The number of fused-ring (bicyclic) bond motifs is 1. The molecule has 1 unspecified atom stereocenters. The van der Waals surface area contributed by atoms with Crippen molar-refractivity contribution in [2.45, 2.75) is 31.2 Å². The van der Waals surface area contributed by atoms with Crippen molar-refractivity contribution in [1.82, 2.24) is 5.32 Å². The van der Waals surface area contributed by atoms with Gasteiger partial charge in [0, 0.05) is 16.9 Å². The van der Waals surface area contributed by atoms with Crippen molar-refractivity contribution in [3.05, 3.63) is 52.5 Å². The number of hydrogen-bond donors (Lipinski definition) is 2. The Balaban J connectivity index is 2.14. The number of para-hydroxylation sites is 2. The molecule has 3 rings (SSSR count). The molecular weight excluding hydrogens is 494 g/mol. The van der Waals surface area contributed by atoms with Crippen LogP contribution in [0.4, 0.5) is 11.4 Å². The highest BCUT2D eigenvalue weighted by molar-refractivity contribution is 9.09. The third-order valence-corrected chi connectivity index (χ3v) is 7.54. The SMILES string of the molecule is Cc1cc(S(=O)(=O)N2c3ccccc3NC(=O)C2CC(=O)NCCBr)c(C)cc1Cl. The van der Waals surface area contributed by atoms with Crippen molar-refractivity contribution in [3.8, 4) is 0 Å². The predicted molar refractivity (Wildman–Crippen MR) is 121 cm³/mol. The molecule has 0 fully saturated rings. The number of carbonyl (C=O) groups is 2. The average Bonchev–Trinajstić information content (AvgIpc) is 2.69. The standard InChI is InChI=1S/C20H21BrClN3O4S/c1-12-10-18(13(2)9-14(12)22)30(28,29)25-16-6-4-3-5-15(16)24-20(27)17(25)11-19(26)23-8-7-21/h3-6,9-10,17H,7-8,11H2,1-2H3,(H,23,26)(H,24,27). The third kappa shape index (κ3) is 4.33. The van der Waals surface area contributed by atoms with Crippen molar-refractivity contribution in [2.24, 2.45) is 0 Å². The van der Waals surface area contributed by atoms with Crippen molar-refractivity contribution >= 4 is 60.7 Å². The summed E-state index contributed by atoms with van der Waals surface area (Å²) >= 11 is 9.36. The summed E-state index contributed by atoms with van der Waals surface area (Å²) in [7, 11) is -4.17. The van der Waals surface area contributed by atoms with E-state index in [0.29, 0.717) is 39.4 Å². The van der Waals surface area contributed by atoms with Crippen LogP contribution < -0.4 is 14.9 Å². The Labute approximate surface area is 189 Å². The molecule has 0 bridgehead atoms. The van der Waals surface area contributed by atoms with Gasteiger partial charge in [0.15, 0.2) is 0 Å². The first-order valence-electron chi connectivity index (χ1n) is 9.20. The van der Waals surface area contributed by atoms with Crippen LogP contribution in [0.25, 0.3) is 0 Å². The van der Waals surface area contributed by atoms with Crippen LogP contribution in [0.3, 0.4) is 0 Å². The molecule has 2 amide bonds. The molecule has 2 aromatic rings.